The second-order valence-electron chi connectivity index (χ2n) is 6.30. The Hall–Kier alpha value is -1.82. The third kappa shape index (κ3) is 3.42. The Bertz CT molecular complexity index is 773. The summed E-state index contributed by atoms with van der Waals surface area (Å²) in [6, 6.07) is 7.18. The lowest BCUT2D eigenvalue weighted by Crippen LogP contribution is -2.21. The predicted molar refractivity (Wildman–Crippen MR) is 91.1 cm³/mol. The van der Waals surface area contributed by atoms with Gasteiger partial charge in [0.1, 0.15) is 0 Å². The highest BCUT2D eigenvalue weighted by atomic mass is 32.2. The van der Waals surface area contributed by atoms with Crippen molar-refractivity contribution in [1.82, 2.24) is 9.55 Å². The molecule has 1 heterocycles. The number of rotatable bonds is 4. The van der Waals surface area contributed by atoms with Gasteiger partial charge >= 0.3 is 0 Å². The molecule has 1 fully saturated rings. The molecule has 0 radical (unpaired) electrons. The van der Waals surface area contributed by atoms with E-state index in [1.165, 1.54) is 19.3 Å². The summed E-state index contributed by atoms with van der Waals surface area (Å²) in [5.41, 5.74) is 2.03. The predicted octanol–water partition coefficient (Wildman–Crippen LogP) is 3.81. The Morgan fingerprint density at radius 3 is 2.39 bits per heavy atom. The van der Waals surface area contributed by atoms with E-state index in [1.54, 1.807) is 30.5 Å². The van der Waals surface area contributed by atoms with Gasteiger partial charge in [0.05, 0.1) is 11.1 Å². The minimum absolute atomic E-state index is 0.263. The Balaban J connectivity index is 1.89. The molecule has 0 spiro atoms. The van der Waals surface area contributed by atoms with Crippen LogP contribution >= 0.6 is 0 Å². The first-order valence-corrected chi connectivity index (χ1v) is 9.59. The Morgan fingerprint density at radius 2 is 1.74 bits per heavy atom. The van der Waals surface area contributed by atoms with Crippen molar-refractivity contribution in [2.24, 2.45) is 0 Å². The molecule has 0 bridgehead atoms. The van der Waals surface area contributed by atoms with Crippen LogP contribution in [0.4, 0.5) is 5.95 Å². The van der Waals surface area contributed by atoms with E-state index in [2.05, 4.69) is 9.71 Å². The van der Waals surface area contributed by atoms with Crippen molar-refractivity contribution in [2.45, 2.75) is 56.9 Å². The van der Waals surface area contributed by atoms with Gasteiger partial charge in [0.15, 0.2) is 0 Å². The summed E-state index contributed by atoms with van der Waals surface area (Å²) in [6.45, 7) is 3.91. The monoisotopic (exact) mass is 333 g/mol. The van der Waals surface area contributed by atoms with Crippen LogP contribution in [0.2, 0.25) is 0 Å². The maximum Gasteiger partial charge on any atom is 0.264 e. The van der Waals surface area contributed by atoms with E-state index in [4.69, 9.17) is 0 Å². The molecule has 1 saturated carbocycles. The summed E-state index contributed by atoms with van der Waals surface area (Å²) in [5, 5.41) is 0. The van der Waals surface area contributed by atoms with Gasteiger partial charge in [-0.2, -0.15) is 0 Å². The zero-order valence-electron chi connectivity index (χ0n) is 13.6. The first-order valence-electron chi connectivity index (χ1n) is 8.11. The largest absolute Gasteiger partial charge is 0.311 e. The van der Waals surface area contributed by atoms with Gasteiger partial charge in [0.2, 0.25) is 5.95 Å². The average Bonchev–Trinajstić information content (AvgIpc) is 2.88. The van der Waals surface area contributed by atoms with Crippen molar-refractivity contribution in [2.75, 3.05) is 4.72 Å². The molecule has 23 heavy (non-hydrogen) atoms. The highest BCUT2D eigenvalue weighted by Crippen LogP contribution is 2.32. The van der Waals surface area contributed by atoms with E-state index >= 15 is 0 Å². The molecule has 5 nitrogen and oxygen atoms in total. The second kappa shape index (κ2) is 6.35. The molecule has 3 rings (SSSR count). The number of benzene rings is 1. The Labute approximate surface area is 137 Å². The number of hydrogen-bond acceptors (Lipinski definition) is 3. The van der Waals surface area contributed by atoms with E-state index < -0.39 is 10.0 Å². The van der Waals surface area contributed by atoms with Gasteiger partial charge < -0.3 is 4.57 Å². The van der Waals surface area contributed by atoms with E-state index in [9.17, 15) is 8.42 Å². The van der Waals surface area contributed by atoms with E-state index in [1.807, 2.05) is 18.4 Å². The fraction of sp³-hybridized carbons (Fsp3) is 0.471. The highest BCUT2D eigenvalue weighted by molar-refractivity contribution is 7.92. The third-order valence-corrected chi connectivity index (χ3v) is 5.82. The van der Waals surface area contributed by atoms with Crippen LogP contribution in [0.5, 0.6) is 0 Å². The minimum Gasteiger partial charge on any atom is -0.311 e. The first-order chi connectivity index (χ1) is 11.0. The molecule has 124 valence electrons. The van der Waals surface area contributed by atoms with Crippen LogP contribution in [0.25, 0.3) is 0 Å². The summed E-state index contributed by atoms with van der Waals surface area (Å²) < 4.78 is 29.9. The van der Waals surface area contributed by atoms with Crippen molar-refractivity contribution in [3.8, 4) is 0 Å². The lowest BCUT2D eigenvalue weighted by Gasteiger charge is -2.26. The summed E-state index contributed by atoms with van der Waals surface area (Å²) in [5.74, 6) is 0.426. The van der Waals surface area contributed by atoms with Gasteiger partial charge in [0.25, 0.3) is 10.0 Å². The number of aromatic nitrogens is 2. The zero-order valence-corrected chi connectivity index (χ0v) is 14.4. The molecule has 0 amide bonds. The molecule has 6 heteroatoms. The summed E-state index contributed by atoms with van der Waals surface area (Å²) in [4.78, 5) is 4.55. The number of hydrogen-bond donors (Lipinski definition) is 1. The fourth-order valence-corrected chi connectivity index (χ4v) is 4.22. The molecular weight excluding hydrogens is 310 g/mol. The molecule has 1 aromatic carbocycles. The highest BCUT2D eigenvalue weighted by Gasteiger charge is 2.23. The van der Waals surface area contributed by atoms with Crippen molar-refractivity contribution >= 4 is 16.0 Å². The lowest BCUT2D eigenvalue weighted by atomic mass is 9.95. The second-order valence-corrected chi connectivity index (χ2v) is 7.99. The lowest BCUT2D eigenvalue weighted by molar-refractivity contribution is 0.352. The van der Waals surface area contributed by atoms with E-state index in [-0.39, 0.29) is 4.90 Å². The van der Waals surface area contributed by atoms with Crippen LogP contribution < -0.4 is 4.72 Å². The van der Waals surface area contributed by atoms with Crippen molar-refractivity contribution in [3.05, 3.63) is 41.7 Å². The standard InChI is InChI=1S/C17H23N3O2S/c1-13-8-10-16(11-9-13)23(21,22)19-17-18-12-14(2)20(17)15-6-4-3-5-7-15/h8-12,15H,3-7H2,1-2H3,(H,18,19). The molecular formula is C17H23N3O2S. The SMILES string of the molecule is Cc1ccc(S(=O)(=O)Nc2ncc(C)n2C2CCCCC2)cc1. The maximum atomic E-state index is 12.6. The molecule has 1 aromatic heterocycles. The quantitative estimate of drug-likeness (QED) is 0.925. The normalized spacial score (nSPS) is 16.4. The minimum atomic E-state index is -3.61. The van der Waals surface area contributed by atoms with Crippen molar-refractivity contribution in [3.63, 3.8) is 0 Å². The van der Waals surface area contributed by atoms with Crippen LogP contribution in [0, 0.1) is 13.8 Å². The zero-order chi connectivity index (χ0) is 16.4. The van der Waals surface area contributed by atoms with Crippen molar-refractivity contribution < 1.29 is 8.42 Å². The number of imidazole rings is 1. The molecule has 2 aromatic rings. The van der Waals surface area contributed by atoms with Gasteiger partial charge in [-0.05, 0) is 38.8 Å². The average molecular weight is 333 g/mol. The Kier molecular flexibility index (Phi) is 4.43. The Morgan fingerprint density at radius 1 is 1.09 bits per heavy atom. The van der Waals surface area contributed by atoms with Crippen LogP contribution in [-0.2, 0) is 10.0 Å². The van der Waals surface area contributed by atoms with Gasteiger partial charge in [-0.1, -0.05) is 37.0 Å². The van der Waals surface area contributed by atoms with Gasteiger partial charge in [-0.25, -0.2) is 18.1 Å². The first kappa shape index (κ1) is 16.1. The molecule has 1 N–H and O–H groups in total. The number of sulfonamides is 1. The van der Waals surface area contributed by atoms with Gasteiger partial charge in [-0.15, -0.1) is 0 Å². The van der Waals surface area contributed by atoms with Crippen molar-refractivity contribution in [1.29, 1.82) is 0 Å². The van der Waals surface area contributed by atoms with Gasteiger partial charge in [0, 0.05) is 11.7 Å². The number of aryl methyl sites for hydroxylation is 2. The molecule has 0 aliphatic heterocycles. The summed E-state index contributed by atoms with van der Waals surface area (Å²) in [7, 11) is -3.61. The van der Waals surface area contributed by atoms with Crippen LogP contribution in [0.3, 0.4) is 0 Å². The number of nitrogens with one attached hydrogen (secondary N) is 1. The molecule has 1 aliphatic carbocycles. The van der Waals surface area contributed by atoms with Crippen LogP contribution in [-0.4, -0.2) is 18.0 Å². The molecule has 0 unspecified atom stereocenters. The molecule has 0 atom stereocenters. The van der Waals surface area contributed by atoms with E-state index in [0.29, 0.717) is 12.0 Å². The number of anilines is 1. The molecule has 1 aliphatic rings. The smallest absolute Gasteiger partial charge is 0.264 e. The topological polar surface area (TPSA) is 64.0 Å². The van der Waals surface area contributed by atoms with Crippen LogP contribution in [0.1, 0.15) is 49.4 Å². The third-order valence-electron chi connectivity index (χ3n) is 4.48. The van der Waals surface area contributed by atoms with Gasteiger partial charge in [-0.3, -0.25) is 0 Å². The summed E-state index contributed by atoms with van der Waals surface area (Å²) in [6.07, 6.45) is 7.53. The maximum absolute atomic E-state index is 12.6. The van der Waals surface area contributed by atoms with E-state index in [0.717, 1.165) is 24.1 Å². The number of nitrogens with zero attached hydrogens (tertiary/aromatic N) is 2. The molecule has 0 saturated heterocycles. The summed E-state index contributed by atoms with van der Waals surface area (Å²) >= 11 is 0. The van der Waals surface area contributed by atoms with Crippen LogP contribution in [0.15, 0.2) is 35.4 Å². The fourth-order valence-electron chi connectivity index (χ4n) is 3.22.